The number of hydrogen-bond acceptors (Lipinski definition) is 7. The number of nitrogens with two attached hydrogens (primary N) is 1. The molecular formula is C22H27FN6O2. The third-order valence-corrected chi connectivity index (χ3v) is 5.05. The van der Waals surface area contributed by atoms with Crippen LogP contribution in [0.15, 0.2) is 30.7 Å². The molecule has 31 heavy (non-hydrogen) atoms. The van der Waals surface area contributed by atoms with Crippen LogP contribution >= 0.6 is 0 Å². The number of fused-ring (bicyclic) bond motifs is 1. The lowest BCUT2D eigenvalue weighted by Gasteiger charge is -2.27. The molecule has 0 aliphatic carbocycles. The van der Waals surface area contributed by atoms with E-state index in [0.717, 1.165) is 6.20 Å². The molecule has 8 nitrogen and oxygen atoms in total. The van der Waals surface area contributed by atoms with Gasteiger partial charge in [-0.1, -0.05) is 0 Å². The van der Waals surface area contributed by atoms with E-state index in [2.05, 4.69) is 15.1 Å². The van der Waals surface area contributed by atoms with Crippen molar-refractivity contribution in [2.75, 3.05) is 18.1 Å². The summed E-state index contributed by atoms with van der Waals surface area (Å²) in [5, 5.41) is 4.12. The predicted octanol–water partition coefficient (Wildman–Crippen LogP) is 3.06. The minimum Gasteiger partial charge on any atom is -0.462 e. The number of anilines is 1. The van der Waals surface area contributed by atoms with E-state index in [-0.39, 0.29) is 48.2 Å². The van der Waals surface area contributed by atoms with Gasteiger partial charge in [-0.05, 0) is 57.2 Å². The van der Waals surface area contributed by atoms with Gasteiger partial charge in [0.15, 0.2) is 5.65 Å². The molecule has 164 valence electrons. The Morgan fingerprint density at radius 3 is 3.13 bits per heavy atom. The summed E-state index contributed by atoms with van der Waals surface area (Å²) in [6.07, 6.45) is 2.91. The molecule has 0 saturated carbocycles. The average molecular weight is 430 g/mol. The number of carbonyl (C=O) groups excluding carboxylic acids is 1. The number of halogens is 1. The molecule has 3 aromatic heterocycles. The quantitative estimate of drug-likeness (QED) is 0.576. The molecule has 1 saturated heterocycles. The van der Waals surface area contributed by atoms with Crippen LogP contribution in [-0.4, -0.2) is 44.7 Å². The first-order chi connectivity index (χ1) is 16.1. The van der Waals surface area contributed by atoms with Crippen LogP contribution in [0.25, 0.3) is 5.65 Å². The normalized spacial score (nSPS) is 22.7. The van der Waals surface area contributed by atoms with Crippen molar-refractivity contribution in [3.05, 3.63) is 53.4 Å². The lowest BCUT2D eigenvalue weighted by molar-refractivity contribution is 0.0528. The van der Waals surface area contributed by atoms with Crippen molar-refractivity contribution >= 4 is 17.4 Å². The molecule has 2 N–H and O–H groups in total. The summed E-state index contributed by atoms with van der Waals surface area (Å²) < 4.78 is 47.6. The van der Waals surface area contributed by atoms with Gasteiger partial charge in [-0.25, -0.2) is 18.7 Å². The summed E-state index contributed by atoms with van der Waals surface area (Å²) in [5.74, 6) is -0.974. The summed E-state index contributed by atoms with van der Waals surface area (Å²) in [7, 11) is 0. The van der Waals surface area contributed by atoms with E-state index < -0.39 is 24.2 Å². The number of ether oxygens (including phenoxy) is 1. The Bertz CT molecular complexity index is 1220. The highest BCUT2D eigenvalue weighted by atomic mass is 19.1. The average Bonchev–Trinajstić information content (AvgIpc) is 3.31. The second-order valence-electron chi connectivity index (χ2n) is 7.42. The van der Waals surface area contributed by atoms with Gasteiger partial charge in [0.1, 0.15) is 17.2 Å². The SMILES string of the molecule is [2H]C1([2H])CCN(c2ccn3ncc(C(=O)OCC)c3n2)C1([2H])c1cc(F)cnc1CC[C@@H](C)N. The van der Waals surface area contributed by atoms with Crippen LogP contribution in [0.2, 0.25) is 0 Å². The number of nitrogens with zero attached hydrogens (tertiary/aromatic N) is 5. The minimum atomic E-state index is -2.04. The Labute approximate surface area is 184 Å². The molecule has 0 bridgehead atoms. The third kappa shape index (κ3) is 4.36. The maximum atomic E-state index is 14.3. The van der Waals surface area contributed by atoms with Crippen LogP contribution < -0.4 is 10.6 Å². The molecule has 2 atom stereocenters. The molecular weight excluding hydrogens is 399 g/mol. The number of hydrogen-bond donors (Lipinski definition) is 1. The van der Waals surface area contributed by atoms with E-state index in [1.165, 1.54) is 21.7 Å². The number of carbonyl (C=O) groups is 1. The lowest BCUT2D eigenvalue weighted by Crippen LogP contribution is -2.25. The van der Waals surface area contributed by atoms with Gasteiger partial charge in [-0.3, -0.25) is 4.98 Å². The summed E-state index contributed by atoms with van der Waals surface area (Å²) in [6, 6.07) is 0.623. The van der Waals surface area contributed by atoms with Crippen molar-refractivity contribution in [2.45, 2.75) is 51.5 Å². The summed E-state index contributed by atoms with van der Waals surface area (Å²) in [4.78, 5) is 22.5. The van der Waals surface area contributed by atoms with Gasteiger partial charge in [0.05, 0.1) is 26.4 Å². The number of pyridine rings is 1. The molecule has 0 radical (unpaired) electrons. The fraction of sp³-hybridized carbons (Fsp3) is 0.455. The van der Waals surface area contributed by atoms with Crippen LogP contribution in [0, 0.1) is 5.82 Å². The van der Waals surface area contributed by atoms with Crippen LogP contribution in [-0.2, 0) is 11.2 Å². The second-order valence-corrected chi connectivity index (χ2v) is 7.42. The van der Waals surface area contributed by atoms with E-state index in [9.17, 15) is 10.6 Å². The Balaban J connectivity index is 1.84. The number of aromatic nitrogens is 4. The number of rotatable bonds is 7. The van der Waals surface area contributed by atoms with E-state index in [1.54, 1.807) is 19.2 Å². The standard InChI is InChI=1S/C22H27FN6O2/c1-3-31-22(30)17-13-26-29-10-8-20(27-21(17)29)28-9-4-5-19(28)16-11-15(23)12-25-18(16)7-6-14(2)24/h8,10-14,19H,3-7,9,24H2,1-2H3/t14-,19?/m1/s1/i5D2,19D. The topological polar surface area (TPSA) is 98.6 Å². The first kappa shape index (κ1) is 17.6. The Morgan fingerprint density at radius 2 is 2.35 bits per heavy atom. The van der Waals surface area contributed by atoms with Crippen LogP contribution in [0.1, 0.15) is 64.8 Å². The van der Waals surface area contributed by atoms with Crippen LogP contribution in [0.4, 0.5) is 10.2 Å². The van der Waals surface area contributed by atoms with Crippen LogP contribution in [0.3, 0.4) is 0 Å². The van der Waals surface area contributed by atoms with Gasteiger partial charge in [0.2, 0.25) is 0 Å². The molecule has 4 heterocycles. The number of aryl methyl sites for hydroxylation is 1. The van der Waals surface area contributed by atoms with Crippen molar-refractivity contribution in [3.8, 4) is 0 Å². The molecule has 0 aromatic carbocycles. The molecule has 0 spiro atoms. The van der Waals surface area contributed by atoms with E-state index >= 15 is 0 Å². The molecule has 1 fully saturated rings. The predicted molar refractivity (Wildman–Crippen MR) is 114 cm³/mol. The van der Waals surface area contributed by atoms with E-state index in [4.69, 9.17) is 13.2 Å². The Morgan fingerprint density at radius 1 is 1.52 bits per heavy atom. The van der Waals surface area contributed by atoms with Gasteiger partial charge >= 0.3 is 5.97 Å². The van der Waals surface area contributed by atoms with Gasteiger partial charge in [-0.2, -0.15) is 5.10 Å². The first-order valence-electron chi connectivity index (χ1n) is 11.8. The largest absolute Gasteiger partial charge is 0.462 e. The first-order valence-corrected chi connectivity index (χ1v) is 10.3. The van der Waals surface area contributed by atoms with Gasteiger partial charge in [0.25, 0.3) is 0 Å². The fourth-order valence-electron chi connectivity index (χ4n) is 3.56. The van der Waals surface area contributed by atoms with Gasteiger partial charge < -0.3 is 15.4 Å². The van der Waals surface area contributed by atoms with Crippen molar-refractivity contribution in [3.63, 3.8) is 0 Å². The van der Waals surface area contributed by atoms with Crippen molar-refractivity contribution in [1.29, 1.82) is 0 Å². The zero-order chi connectivity index (χ0) is 24.7. The van der Waals surface area contributed by atoms with Gasteiger partial charge in [0, 0.05) is 27.2 Å². The minimum absolute atomic E-state index is 0.0244. The highest BCUT2D eigenvalue weighted by molar-refractivity contribution is 5.95. The Kier molecular flexibility index (Phi) is 5.09. The third-order valence-electron chi connectivity index (χ3n) is 5.05. The van der Waals surface area contributed by atoms with Crippen molar-refractivity contribution in [2.24, 2.45) is 5.73 Å². The highest BCUT2D eigenvalue weighted by Crippen LogP contribution is 2.37. The molecule has 3 aromatic rings. The summed E-state index contributed by atoms with van der Waals surface area (Å²) >= 11 is 0. The summed E-state index contributed by atoms with van der Waals surface area (Å²) in [5.41, 5.74) is 6.83. The van der Waals surface area contributed by atoms with Gasteiger partial charge in [-0.15, -0.1) is 0 Å². The maximum absolute atomic E-state index is 14.3. The fourth-order valence-corrected chi connectivity index (χ4v) is 3.56. The number of esters is 1. The molecule has 1 aliphatic rings. The van der Waals surface area contributed by atoms with Crippen molar-refractivity contribution < 1.29 is 18.0 Å². The van der Waals surface area contributed by atoms with Crippen molar-refractivity contribution in [1.82, 2.24) is 19.6 Å². The summed E-state index contributed by atoms with van der Waals surface area (Å²) in [6.45, 7) is 3.88. The van der Waals surface area contributed by atoms with E-state index in [0.29, 0.717) is 18.5 Å². The zero-order valence-electron chi connectivity index (χ0n) is 20.5. The molecule has 9 heteroatoms. The second kappa shape index (κ2) is 8.97. The highest BCUT2D eigenvalue weighted by Gasteiger charge is 2.30. The molecule has 0 amide bonds. The van der Waals surface area contributed by atoms with E-state index in [1.807, 2.05) is 6.92 Å². The maximum Gasteiger partial charge on any atom is 0.343 e. The lowest BCUT2D eigenvalue weighted by atomic mass is 9.98. The zero-order valence-corrected chi connectivity index (χ0v) is 17.5. The van der Waals surface area contributed by atoms with Crippen LogP contribution in [0.5, 0.6) is 0 Å². The smallest absolute Gasteiger partial charge is 0.343 e. The molecule has 1 unspecified atom stereocenters. The monoisotopic (exact) mass is 429 g/mol. The molecule has 4 rings (SSSR count). The molecule has 1 aliphatic heterocycles. The Hall–Kier alpha value is -3.07.